The van der Waals surface area contributed by atoms with E-state index in [9.17, 15) is 4.39 Å². The van der Waals surface area contributed by atoms with Gasteiger partial charge in [0.05, 0.1) is 11.1 Å². The third-order valence-corrected chi connectivity index (χ3v) is 3.74. The summed E-state index contributed by atoms with van der Waals surface area (Å²) < 4.78 is 14.5. The summed E-state index contributed by atoms with van der Waals surface area (Å²) in [5, 5.41) is 0.114. The first-order valence-electron chi connectivity index (χ1n) is 5.75. The van der Waals surface area contributed by atoms with E-state index in [0.717, 1.165) is 15.6 Å². The smallest absolute Gasteiger partial charge is 0.142 e. The van der Waals surface area contributed by atoms with E-state index in [1.807, 2.05) is 24.3 Å². The Labute approximate surface area is 124 Å². The van der Waals surface area contributed by atoms with Gasteiger partial charge in [0.2, 0.25) is 0 Å². The maximum absolute atomic E-state index is 13.5. The molecule has 0 aliphatic rings. The average molecular weight is 344 g/mol. The van der Waals surface area contributed by atoms with E-state index in [-0.39, 0.29) is 11.1 Å². The van der Waals surface area contributed by atoms with Crippen LogP contribution in [0.2, 0.25) is 5.02 Å². The van der Waals surface area contributed by atoms with Crippen LogP contribution in [0, 0.1) is 5.82 Å². The highest BCUT2D eigenvalue weighted by Crippen LogP contribution is 2.23. The fourth-order valence-corrected chi connectivity index (χ4v) is 2.24. The first-order valence-corrected chi connectivity index (χ1v) is 6.93. The van der Waals surface area contributed by atoms with Crippen molar-refractivity contribution in [1.29, 1.82) is 0 Å². The average Bonchev–Trinajstić information content (AvgIpc) is 2.41. The number of nitrogens with one attached hydrogen (secondary N) is 1. The van der Waals surface area contributed by atoms with Crippen molar-refractivity contribution in [2.24, 2.45) is 5.84 Å². The highest BCUT2D eigenvalue weighted by Gasteiger charge is 2.12. The molecule has 0 saturated carbocycles. The molecule has 2 aromatic carbocycles. The molecule has 0 fully saturated rings. The molecule has 100 valence electrons. The molecular formula is C14H13BrClFN2. The van der Waals surface area contributed by atoms with E-state index < -0.39 is 5.82 Å². The molecule has 5 heteroatoms. The van der Waals surface area contributed by atoms with E-state index in [4.69, 9.17) is 17.4 Å². The van der Waals surface area contributed by atoms with E-state index in [1.165, 1.54) is 12.1 Å². The fraction of sp³-hybridized carbons (Fsp3) is 0.143. The lowest BCUT2D eigenvalue weighted by Crippen LogP contribution is -2.29. The maximum Gasteiger partial charge on any atom is 0.142 e. The molecule has 3 N–H and O–H groups in total. The summed E-state index contributed by atoms with van der Waals surface area (Å²) >= 11 is 9.06. The van der Waals surface area contributed by atoms with Crippen molar-refractivity contribution < 1.29 is 4.39 Å². The molecule has 2 aromatic rings. The second-order valence-corrected chi connectivity index (χ2v) is 5.55. The molecule has 1 unspecified atom stereocenters. The van der Waals surface area contributed by atoms with Crippen LogP contribution >= 0.6 is 27.5 Å². The third kappa shape index (κ3) is 3.76. The Hall–Kier alpha value is -0.940. The highest BCUT2D eigenvalue weighted by atomic mass is 79.9. The predicted octanol–water partition coefficient (Wildman–Crippen LogP) is 3.99. The first kappa shape index (κ1) is 14.5. The van der Waals surface area contributed by atoms with Crippen molar-refractivity contribution in [2.75, 3.05) is 0 Å². The zero-order chi connectivity index (χ0) is 13.8. The number of rotatable bonds is 4. The van der Waals surface area contributed by atoms with Gasteiger partial charge in [-0.15, -0.1) is 0 Å². The van der Waals surface area contributed by atoms with Gasteiger partial charge in [-0.1, -0.05) is 45.7 Å². The molecule has 0 bridgehead atoms. The van der Waals surface area contributed by atoms with E-state index in [1.54, 1.807) is 6.07 Å². The molecule has 0 aromatic heterocycles. The molecule has 0 heterocycles. The molecule has 0 aliphatic carbocycles. The fourth-order valence-electron chi connectivity index (χ4n) is 1.86. The van der Waals surface area contributed by atoms with Crippen LogP contribution in [0.15, 0.2) is 46.9 Å². The summed E-state index contributed by atoms with van der Waals surface area (Å²) in [6.07, 6.45) is 0.671. The van der Waals surface area contributed by atoms with Crippen molar-refractivity contribution in [1.82, 2.24) is 5.43 Å². The zero-order valence-corrected chi connectivity index (χ0v) is 12.4. The molecule has 0 saturated heterocycles. The van der Waals surface area contributed by atoms with Crippen molar-refractivity contribution in [3.8, 4) is 0 Å². The second-order valence-electron chi connectivity index (χ2n) is 4.22. The maximum atomic E-state index is 13.5. The van der Waals surface area contributed by atoms with Crippen molar-refractivity contribution in [3.63, 3.8) is 0 Å². The zero-order valence-electron chi connectivity index (χ0n) is 10.0. The normalized spacial score (nSPS) is 12.4. The Balaban J connectivity index is 2.19. The highest BCUT2D eigenvalue weighted by molar-refractivity contribution is 9.10. The molecule has 1 atom stereocenters. The van der Waals surface area contributed by atoms with Crippen molar-refractivity contribution >= 4 is 27.5 Å². The van der Waals surface area contributed by atoms with Crippen LogP contribution < -0.4 is 11.3 Å². The van der Waals surface area contributed by atoms with Crippen LogP contribution in [-0.2, 0) is 6.42 Å². The SMILES string of the molecule is NNC(Cc1ccc(Br)cc1)c1ccc(Cl)c(F)c1. The van der Waals surface area contributed by atoms with Crippen LogP contribution in [-0.4, -0.2) is 0 Å². The number of hydrogen-bond acceptors (Lipinski definition) is 2. The van der Waals surface area contributed by atoms with Gasteiger partial charge in [0.1, 0.15) is 5.82 Å². The van der Waals surface area contributed by atoms with Crippen LogP contribution in [0.5, 0.6) is 0 Å². The van der Waals surface area contributed by atoms with Gasteiger partial charge in [0.25, 0.3) is 0 Å². The van der Waals surface area contributed by atoms with Gasteiger partial charge in [-0.2, -0.15) is 0 Å². The molecule has 19 heavy (non-hydrogen) atoms. The lowest BCUT2D eigenvalue weighted by atomic mass is 9.99. The monoisotopic (exact) mass is 342 g/mol. The summed E-state index contributed by atoms with van der Waals surface area (Å²) in [4.78, 5) is 0. The summed E-state index contributed by atoms with van der Waals surface area (Å²) in [5.41, 5.74) is 4.59. The molecule has 2 nitrogen and oxygen atoms in total. The van der Waals surface area contributed by atoms with E-state index in [2.05, 4.69) is 21.4 Å². The standard InChI is InChI=1S/C14H13BrClFN2/c15-11-4-1-9(2-5-11)7-14(19-18)10-3-6-12(16)13(17)8-10/h1-6,8,14,19H,7,18H2. The Morgan fingerprint density at radius 1 is 1.21 bits per heavy atom. The Morgan fingerprint density at radius 2 is 1.89 bits per heavy atom. The molecule has 0 amide bonds. The van der Waals surface area contributed by atoms with Crippen LogP contribution in [0.1, 0.15) is 17.2 Å². The van der Waals surface area contributed by atoms with Gasteiger partial charge in [-0.05, 0) is 41.8 Å². The summed E-state index contributed by atoms with van der Waals surface area (Å²) in [6.45, 7) is 0. The van der Waals surface area contributed by atoms with Gasteiger partial charge in [0.15, 0.2) is 0 Å². The van der Waals surface area contributed by atoms with Crippen LogP contribution in [0.3, 0.4) is 0 Å². The topological polar surface area (TPSA) is 38.0 Å². The van der Waals surface area contributed by atoms with E-state index in [0.29, 0.717) is 6.42 Å². The van der Waals surface area contributed by atoms with Gasteiger partial charge in [-0.3, -0.25) is 11.3 Å². The number of hydrazine groups is 1. The largest absolute Gasteiger partial charge is 0.271 e. The molecule has 0 aliphatic heterocycles. The molecule has 2 rings (SSSR count). The number of hydrogen-bond donors (Lipinski definition) is 2. The third-order valence-electron chi connectivity index (χ3n) is 2.90. The van der Waals surface area contributed by atoms with Gasteiger partial charge in [0, 0.05) is 4.47 Å². The summed E-state index contributed by atoms with van der Waals surface area (Å²) in [6, 6.07) is 12.5. The summed E-state index contributed by atoms with van der Waals surface area (Å²) in [5.74, 6) is 5.12. The minimum atomic E-state index is -0.435. The Morgan fingerprint density at radius 3 is 2.47 bits per heavy atom. The van der Waals surface area contributed by atoms with Gasteiger partial charge < -0.3 is 0 Å². The van der Waals surface area contributed by atoms with E-state index >= 15 is 0 Å². The molecular weight excluding hydrogens is 331 g/mol. The lowest BCUT2D eigenvalue weighted by Gasteiger charge is -2.17. The number of nitrogens with two attached hydrogens (primary N) is 1. The minimum absolute atomic E-state index is 0.114. The first-order chi connectivity index (χ1) is 9.10. The Kier molecular flexibility index (Phi) is 4.93. The lowest BCUT2D eigenvalue weighted by molar-refractivity contribution is 0.544. The van der Waals surface area contributed by atoms with Crippen molar-refractivity contribution in [2.45, 2.75) is 12.5 Å². The molecule has 0 radical (unpaired) electrons. The number of halogens is 3. The van der Waals surface area contributed by atoms with Gasteiger partial charge >= 0.3 is 0 Å². The minimum Gasteiger partial charge on any atom is -0.271 e. The number of benzene rings is 2. The summed E-state index contributed by atoms with van der Waals surface area (Å²) in [7, 11) is 0. The Bertz CT molecular complexity index is 560. The van der Waals surface area contributed by atoms with Crippen molar-refractivity contribution in [3.05, 3.63) is 68.9 Å². The van der Waals surface area contributed by atoms with Crippen LogP contribution in [0.25, 0.3) is 0 Å². The van der Waals surface area contributed by atoms with Gasteiger partial charge in [-0.25, -0.2) is 4.39 Å². The second kappa shape index (κ2) is 6.48. The quantitative estimate of drug-likeness (QED) is 0.651. The molecule has 0 spiro atoms. The van der Waals surface area contributed by atoms with Crippen LogP contribution in [0.4, 0.5) is 4.39 Å². The predicted molar refractivity (Wildman–Crippen MR) is 79.3 cm³/mol.